The second kappa shape index (κ2) is 12.7. The zero-order valence-corrected chi connectivity index (χ0v) is 14.6. The van der Waals surface area contributed by atoms with E-state index in [1.54, 1.807) is 0 Å². The van der Waals surface area contributed by atoms with E-state index in [1.165, 1.54) is 0 Å². The molecule has 0 fully saturated rings. The molecule has 0 saturated carbocycles. The van der Waals surface area contributed by atoms with Crippen molar-refractivity contribution in [1.82, 2.24) is 0 Å². The van der Waals surface area contributed by atoms with Crippen molar-refractivity contribution >= 4 is 27.3 Å². The Balaban J connectivity index is -0.000000267. The van der Waals surface area contributed by atoms with Gasteiger partial charge in [-0.1, -0.05) is 0 Å². The summed E-state index contributed by atoms with van der Waals surface area (Å²) in [5, 5.41) is 0. The van der Waals surface area contributed by atoms with Crippen LogP contribution < -0.4 is 0 Å². The molecule has 0 bridgehead atoms. The summed E-state index contributed by atoms with van der Waals surface area (Å²) in [5.41, 5.74) is 2.81. The monoisotopic (exact) mass is 348 g/mol. The van der Waals surface area contributed by atoms with Gasteiger partial charge in [0.1, 0.15) is 0 Å². The van der Waals surface area contributed by atoms with Crippen LogP contribution in [0.4, 0.5) is 0 Å². The maximum atomic E-state index is 4.85. The van der Waals surface area contributed by atoms with Crippen molar-refractivity contribution in [3.8, 4) is 0 Å². The second-order valence-electron chi connectivity index (χ2n) is 4.01. The standard InChI is InChI=1S/C9H21P.CH3.2ClH.Ru/c1-7(2)10(8(3)4)9(5)6;;;;/h7-9H,1-6H3;1H3;2*1H;/q;-1;;;+2/p-1. The Labute approximate surface area is 108 Å². The summed E-state index contributed by atoms with van der Waals surface area (Å²) >= 11 is -0.346. The average molecular weight is 348 g/mol. The number of hydrogen-bond donors (Lipinski definition) is 0. The fraction of sp³-hybridized carbons (Fsp3) is 0.900. The van der Waals surface area contributed by atoms with E-state index in [0.717, 1.165) is 17.0 Å². The molecule has 0 aromatic carbocycles. The molecule has 0 N–H and O–H groups in total. The first kappa shape index (κ1) is 21.0. The minimum absolute atomic E-state index is 0. The Kier molecular flexibility index (Phi) is 19.0. The van der Waals surface area contributed by atoms with Gasteiger partial charge in [-0.05, 0) is 41.5 Å². The van der Waals surface area contributed by atoms with Gasteiger partial charge in [-0.15, -0.1) is 0 Å². The molecule has 0 aromatic rings. The summed E-state index contributed by atoms with van der Waals surface area (Å²) in [6.45, 7) is 14.2. The molecule has 0 aromatic heterocycles. The van der Waals surface area contributed by atoms with Crippen LogP contribution in [0.5, 0.6) is 0 Å². The van der Waals surface area contributed by atoms with Gasteiger partial charge in [0.2, 0.25) is 0 Å². The topological polar surface area (TPSA) is 0 Å². The van der Waals surface area contributed by atoms with Crippen molar-refractivity contribution in [2.45, 2.75) is 58.5 Å². The predicted molar refractivity (Wildman–Crippen MR) is 71.8 cm³/mol. The SMILES string of the molecule is CC(C)[PH+](C(C)C)C(C)C.[CH3-].[Cl][Ru][Cl]. The fourth-order valence-corrected chi connectivity index (χ4v) is 6.00. The van der Waals surface area contributed by atoms with Crippen molar-refractivity contribution < 1.29 is 15.1 Å². The first-order valence-electron chi connectivity index (χ1n) is 4.60. The molecule has 92 valence electrons. The van der Waals surface area contributed by atoms with Crippen molar-refractivity contribution in [3.05, 3.63) is 7.43 Å². The summed E-state index contributed by atoms with van der Waals surface area (Å²) in [5.74, 6) is 0. The van der Waals surface area contributed by atoms with E-state index in [0.29, 0.717) is 0 Å². The molecule has 0 saturated heterocycles. The van der Waals surface area contributed by atoms with E-state index >= 15 is 0 Å². The summed E-state index contributed by atoms with van der Waals surface area (Å²) in [6.07, 6.45) is 0. The van der Waals surface area contributed by atoms with Crippen LogP contribution in [-0.2, 0) is 15.1 Å². The van der Waals surface area contributed by atoms with Gasteiger partial charge in [-0.25, -0.2) is 0 Å². The number of hydrogen-bond acceptors (Lipinski definition) is 0. The van der Waals surface area contributed by atoms with Crippen LogP contribution in [0.1, 0.15) is 41.5 Å². The first-order valence-corrected chi connectivity index (χ1v) is 10.8. The van der Waals surface area contributed by atoms with Gasteiger partial charge in [0.25, 0.3) is 0 Å². The van der Waals surface area contributed by atoms with Gasteiger partial charge in [-0.3, -0.25) is 0 Å². The zero-order chi connectivity index (χ0) is 11.0. The molecule has 0 atom stereocenters. The quantitative estimate of drug-likeness (QED) is 0.371. The van der Waals surface area contributed by atoms with Gasteiger partial charge in [-0.2, -0.15) is 0 Å². The van der Waals surface area contributed by atoms with Crippen molar-refractivity contribution in [2.24, 2.45) is 0 Å². The number of halogens is 2. The molecule has 0 amide bonds. The van der Waals surface area contributed by atoms with Crippen LogP contribution in [0.25, 0.3) is 0 Å². The van der Waals surface area contributed by atoms with Crippen LogP contribution >= 0.6 is 27.3 Å². The first-order chi connectivity index (χ1) is 5.88. The molecule has 0 aliphatic carbocycles. The summed E-state index contributed by atoms with van der Waals surface area (Å²) in [6, 6.07) is 0. The summed E-state index contributed by atoms with van der Waals surface area (Å²) in [7, 11) is 9.61. The third-order valence-electron chi connectivity index (χ3n) is 2.00. The van der Waals surface area contributed by atoms with Gasteiger partial charge in [0.05, 0.1) is 17.0 Å². The Bertz CT molecular complexity index is 89.3. The Morgan fingerprint density at radius 2 is 0.929 bits per heavy atom. The van der Waals surface area contributed by atoms with E-state index in [-0.39, 0.29) is 30.5 Å². The van der Waals surface area contributed by atoms with Crippen LogP contribution in [0.15, 0.2) is 0 Å². The molecule has 0 unspecified atom stereocenters. The Morgan fingerprint density at radius 1 is 0.786 bits per heavy atom. The molecule has 0 nitrogen and oxygen atoms in total. The molecule has 0 aliphatic heterocycles. The van der Waals surface area contributed by atoms with Crippen molar-refractivity contribution in [1.29, 1.82) is 0 Å². The van der Waals surface area contributed by atoms with Crippen LogP contribution in [0, 0.1) is 7.43 Å². The van der Waals surface area contributed by atoms with E-state index in [9.17, 15) is 0 Å². The van der Waals surface area contributed by atoms with Gasteiger partial charge < -0.3 is 7.43 Å². The van der Waals surface area contributed by atoms with E-state index < -0.39 is 0 Å². The van der Waals surface area contributed by atoms with Crippen LogP contribution in [0.2, 0.25) is 0 Å². The average Bonchev–Trinajstić information content (AvgIpc) is 1.84. The van der Waals surface area contributed by atoms with Gasteiger partial charge in [0, 0.05) is 7.92 Å². The van der Waals surface area contributed by atoms with Crippen molar-refractivity contribution in [2.75, 3.05) is 0 Å². The molecule has 0 spiro atoms. The third kappa shape index (κ3) is 11.7. The predicted octanol–water partition coefficient (Wildman–Crippen LogP) is 5.25. The van der Waals surface area contributed by atoms with Crippen LogP contribution in [0.3, 0.4) is 0 Å². The normalized spacial score (nSPS) is 10.6. The van der Waals surface area contributed by atoms with E-state index in [2.05, 4.69) is 41.5 Å². The molecular weight excluding hydrogens is 323 g/mol. The molecule has 0 aliphatic rings. The molecule has 0 rings (SSSR count). The summed E-state index contributed by atoms with van der Waals surface area (Å²) < 4.78 is 0. The van der Waals surface area contributed by atoms with Gasteiger partial charge >= 0.3 is 34.5 Å². The minimum atomic E-state index is -0.346. The molecule has 14 heavy (non-hydrogen) atoms. The van der Waals surface area contributed by atoms with E-state index in [1.807, 2.05) is 0 Å². The second-order valence-corrected chi connectivity index (χ2v) is 11.1. The van der Waals surface area contributed by atoms with Gasteiger partial charge in [0.15, 0.2) is 0 Å². The van der Waals surface area contributed by atoms with Crippen LogP contribution in [-0.4, -0.2) is 17.0 Å². The Hall–Kier alpha value is 1.63. The third-order valence-corrected chi connectivity index (χ3v) is 6.00. The molecular formula is C10H25Cl2PRu. The molecule has 0 radical (unpaired) electrons. The zero-order valence-electron chi connectivity index (χ0n) is 10.3. The fourth-order valence-electron chi connectivity index (χ4n) is 2.00. The number of rotatable bonds is 3. The maximum absolute atomic E-state index is 4.85. The molecule has 0 heterocycles. The van der Waals surface area contributed by atoms with E-state index in [4.69, 9.17) is 19.4 Å². The molecule has 4 heteroatoms. The summed E-state index contributed by atoms with van der Waals surface area (Å²) in [4.78, 5) is 0. The Morgan fingerprint density at radius 3 is 0.929 bits per heavy atom. The van der Waals surface area contributed by atoms with Crippen molar-refractivity contribution in [3.63, 3.8) is 0 Å².